The van der Waals surface area contributed by atoms with Crippen LogP contribution in [0.25, 0.3) is 0 Å². The molecule has 3 heteroatoms. The lowest BCUT2D eigenvalue weighted by molar-refractivity contribution is 0.0847. The molecule has 2 rings (SSSR count). The SMILES string of the molecule is CCCC1CN(CC2CCN(C)CC2)C(CC)CN1. The summed E-state index contributed by atoms with van der Waals surface area (Å²) in [6.07, 6.45) is 6.72. The van der Waals surface area contributed by atoms with E-state index in [2.05, 4.69) is 36.0 Å². The summed E-state index contributed by atoms with van der Waals surface area (Å²) >= 11 is 0. The molecule has 2 atom stereocenters. The normalized spacial score (nSPS) is 31.7. The average Bonchev–Trinajstić information content (AvgIpc) is 2.42. The van der Waals surface area contributed by atoms with E-state index in [1.54, 1.807) is 0 Å². The Bertz CT molecular complexity index is 248. The van der Waals surface area contributed by atoms with E-state index in [0.29, 0.717) is 0 Å². The zero-order valence-corrected chi connectivity index (χ0v) is 13.2. The van der Waals surface area contributed by atoms with E-state index >= 15 is 0 Å². The molecule has 0 aromatic carbocycles. The molecule has 112 valence electrons. The number of nitrogens with zero attached hydrogens (tertiary/aromatic N) is 2. The fourth-order valence-corrected chi connectivity index (χ4v) is 3.67. The van der Waals surface area contributed by atoms with Crippen LogP contribution in [0.1, 0.15) is 46.0 Å². The van der Waals surface area contributed by atoms with Gasteiger partial charge in [-0.05, 0) is 51.7 Å². The molecule has 2 heterocycles. The molecule has 0 aromatic heterocycles. The minimum absolute atomic E-state index is 0.735. The number of likely N-dealkylation sites (tertiary alicyclic amines) is 1. The second kappa shape index (κ2) is 7.61. The van der Waals surface area contributed by atoms with Crippen molar-refractivity contribution in [2.24, 2.45) is 5.92 Å². The van der Waals surface area contributed by atoms with Gasteiger partial charge in [-0.3, -0.25) is 4.90 Å². The Morgan fingerprint density at radius 1 is 1.16 bits per heavy atom. The van der Waals surface area contributed by atoms with Gasteiger partial charge < -0.3 is 10.2 Å². The number of piperazine rings is 1. The minimum atomic E-state index is 0.735. The van der Waals surface area contributed by atoms with Crippen LogP contribution >= 0.6 is 0 Å². The number of piperidine rings is 1. The molecule has 0 bridgehead atoms. The molecule has 2 unspecified atom stereocenters. The number of rotatable bonds is 5. The van der Waals surface area contributed by atoms with Gasteiger partial charge in [-0.1, -0.05) is 20.3 Å². The van der Waals surface area contributed by atoms with Crippen LogP contribution in [0.2, 0.25) is 0 Å². The third kappa shape index (κ3) is 4.44. The van der Waals surface area contributed by atoms with Crippen molar-refractivity contribution in [2.45, 2.75) is 58.0 Å². The lowest BCUT2D eigenvalue weighted by Crippen LogP contribution is -2.57. The van der Waals surface area contributed by atoms with Gasteiger partial charge in [-0.25, -0.2) is 0 Å². The number of hydrogen-bond donors (Lipinski definition) is 1. The smallest absolute Gasteiger partial charge is 0.0218 e. The van der Waals surface area contributed by atoms with Crippen molar-refractivity contribution in [3.63, 3.8) is 0 Å². The first-order valence-electron chi connectivity index (χ1n) is 8.38. The molecule has 0 radical (unpaired) electrons. The summed E-state index contributed by atoms with van der Waals surface area (Å²) in [7, 11) is 2.26. The highest BCUT2D eigenvalue weighted by molar-refractivity contribution is 4.87. The zero-order chi connectivity index (χ0) is 13.7. The predicted molar refractivity (Wildman–Crippen MR) is 82.6 cm³/mol. The van der Waals surface area contributed by atoms with Crippen LogP contribution in [-0.2, 0) is 0 Å². The van der Waals surface area contributed by atoms with E-state index < -0.39 is 0 Å². The quantitative estimate of drug-likeness (QED) is 0.824. The van der Waals surface area contributed by atoms with Gasteiger partial charge in [0.1, 0.15) is 0 Å². The summed E-state index contributed by atoms with van der Waals surface area (Å²) in [5, 5.41) is 3.75. The van der Waals surface area contributed by atoms with Gasteiger partial charge in [0.05, 0.1) is 0 Å². The first-order valence-corrected chi connectivity index (χ1v) is 8.38. The van der Waals surface area contributed by atoms with Crippen LogP contribution in [-0.4, -0.2) is 61.7 Å². The van der Waals surface area contributed by atoms with Crippen molar-refractivity contribution in [2.75, 3.05) is 39.8 Å². The largest absolute Gasteiger partial charge is 0.311 e. The molecule has 3 nitrogen and oxygen atoms in total. The first kappa shape index (κ1) is 15.3. The third-order valence-corrected chi connectivity index (χ3v) is 5.05. The van der Waals surface area contributed by atoms with Crippen LogP contribution in [0, 0.1) is 5.92 Å². The zero-order valence-electron chi connectivity index (χ0n) is 13.2. The van der Waals surface area contributed by atoms with E-state index in [4.69, 9.17) is 0 Å². The molecule has 2 fully saturated rings. The number of hydrogen-bond acceptors (Lipinski definition) is 3. The molecule has 0 aliphatic carbocycles. The van der Waals surface area contributed by atoms with E-state index in [1.165, 1.54) is 64.8 Å². The van der Waals surface area contributed by atoms with Crippen LogP contribution in [0.5, 0.6) is 0 Å². The second-order valence-electron chi connectivity index (χ2n) is 6.66. The Kier molecular flexibility index (Phi) is 6.11. The van der Waals surface area contributed by atoms with Gasteiger partial charge in [-0.15, -0.1) is 0 Å². The maximum absolute atomic E-state index is 3.75. The van der Waals surface area contributed by atoms with Gasteiger partial charge >= 0.3 is 0 Å². The van der Waals surface area contributed by atoms with Crippen molar-refractivity contribution in [1.82, 2.24) is 15.1 Å². The highest BCUT2D eigenvalue weighted by atomic mass is 15.2. The first-order chi connectivity index (χ1) is 9.22. The lowest BCUT2D eigenvalue weighted by atomic mass is 9.94. The topological polar surface area (TPSA) is 18.5 Å². The monoisotopic (exact) mass is 267 g/mol. The molecule has 0 amide bonds. The van der Waals surface area contributed by atoms with Gasteiger partial charge in [0.2, 0.25) is 0 Å². The van der Waals surface area contributed by atoms with Crippen molar-refractivity contribution in [3.8, 4) is 0 Å². The Hall–Kier alpha value is -0.120. The number of nitrogens with one attached hydrogen (secondary N) is 1. The van der Waals surface area contributed by atoms with Crippen LogP contribution in [0.4, 0.5) is 0 Å². The van der Waals surface area contributed by atoms with Gasteiger partial charge in [0.15, 0.2) is 0 Å². The van der Waals surface area contributed by atoms with E-state index in [-0.39, 0.29) is 0 Å². The fourth-order valence-electron chi connectivity index (χ4n) is 3.67. The van der Waals surface area contributed by atoms with Gasteiger partial charge in [0.25, 0.3) is 0 Å². The highest BCUT2D eigenvalue weighted by Gasteiger charge is 2.28. The van der Waals surface area contributed by atoms with E-state index in [9.17, 15) is 0 Å². The standard InChI is InChI=1S/C16H33N3/c1-4-6-15-13-19(16(5-2)11-17-15)12-14-7-9-18(3)10-8-14/h14-17H,4-13H2,1-3H3. The molecular formula is C16H33N3. The molecule has 19 heavy (non-hydrogen) atoms. The Labute approximate surface area is 119 Å². The maximum atomic E-state index is 3.75. The van der Waals surface area contributed by atoms with Crippen molar-refractivity contribution in [1.29, 1.82) is 0 Å². The highest BCUT2D eigenvalue weighted by Crippen LogP contribution is 2.21. The molecular weight excluding hydrogens is 234 g/mol. The summed E-state index contributed by atoms with van der Waals surface area (Å²) in [6.45, 7) is 11.1. The summed E-state index contributed by atoms with van der Waals surface area (Å²) in [5.41, 5.74) is 0. The van der Waals surface area contributed by atoms with Crippen molar-refractivity contribution < 1.29 is 0 Å². The average molecular weight is 267 g/mol. The van der Waals surface area contributed by atoms with Gasteiger partial charge in [0, 0.05) is 31.7 Å². The van der Waals surface area contributed by atoms with Gasteiger partial charge in [-0.2, -0.15) is 0 Å². The summed E-state index contributed by atoms with van der Waals surface area (Å²) in [6, 6.07) is 1.51. The Morgan fingerprint density at radius 2 is 1.89 bits per heavy atom. The van der Waals surface area contributed by atoms with Crippen molar-refractivity contribution in [3.05, 3.63) is 0 Å². The maximum Gasteiger partial charge on any atom is 0.0218 e. The lowest BCUT2D eigenvalue weighted by Gasteiger charge is -2.43. The van der Waals surface area contributed by atoms with Crippen LogP contribution < -0.4 is 5.32 Å². The Morgan fingerprint density at radius 3 is 2.53 bits per heavy atom. The van der Waals surface area contributed by atoms with Crippen LogP contribution in [0.3, 0.4) is 0 Å². The predicted octanol–water partition coefficient (Wildman–Crippen LogP) is 2.18. The molecule has 0 saturated carbocycles. The minimum Gasteiger partial charge on any atom is -0.311 e. The fraction of sp³-hybridized carbons (Fsp3) is 1.00. The van der Waals surface area contributed by atoms with E-state index in [1.807, 2.05) is 0 Å². The summed E-state index contributed by atoms with van der Waals surface area (Å²) in [4.78, 5) is 5.28. The Balaban J connectivity index is 1.83. The molecule has 2 aliphatic rings. The molecule has 0 spiro atoms. The van der Waals surface area contributed by atoms with E-state index in [0.717, 1.165) is 18.0 Å². The molecule has 2 aliphatic heterocycles. The molecule has 1 N–H and O–H groups in total. The van der Waals surface area contributed by atoms with Crippen LogP contribution in [0.15, 0.2) is 0 Å². The van der Waals surface area contributed by atoms with Crippen molar-refractivity contribution >= 4 is 0 Å². The third-order valence-electron chi connectivity index (χ3n) is 5.05. The summed E-state index contributed by atoms with van der Waals surface area (Å²) in [5.74, 6) is 0.936. The second-order valence-corrected chi connectivity index (χ2v) is 6.66. The molecule has 2 saturated heterocycles. The summed E-state index contributed by atoms with van der Waals surface area (Å²) < 4.78 is 0. The molecule has 0 aromatic rings.